The van der Waals surface area contributed by atoms with E-state index in [1.807, 2.05) is 6.92 Å². The van der Waals surface area contributed by atoms with E-state index < -0.39 is 0 Å². The Morgan fingerprint density at radius 3 is 2.55 bits per heavy atom. The van der Waals surface area contributed by atoms with E-state index in [2.05, 4.69) is 5.32 Å². The molecule has 106 valence electrons. The van der Waals surface area contributed by atoms with Crippen LogP contribution in [0, 0.1) is 5.82 Å². The molecule has 0 aliphatic heterocycles. The fourth-order valence-corrected chi connectivity index (χ4v) is 2.25. The minimum Gasteiger partial charge on any atom is -0.497 e. The van der Waals surface area contributed by atoms with Crippen molar-refractivity contribution in [2.24, 2.45) is 0 Å². The first kappa shape index (κ1) is 14.9. The molecule has 20 heavy (non-hydrogen) atoms. The summed E-state index contributed by atoms with van der Waals surface area (Å²) in [5.41, 5.74) is 1.20. The third kappa shape index (κ3) is 3.35. The maximum absolute atomic E-state index is 14.0. The third-order valence-electron chi connectivity index (χ3n) is 2.97. The summed E-state index contributed by atoms with van der Waals surface area (Å²) in [6.45, 7) is 1.85. The Labute approximate surface area is 127 Å². The Balaban J connectivity index is 2.23. The first-order valence-electron chi connectivity index (χ1n) is 6.06. The zero-order valence-electron chi connectivity index (χ0n) is 11.1. The first-order chi connectivity index (χ1) is 9.51. The van der Waals surface area contributed by atoms with Crippen molar-refractivity contribution in [2.45, 2.75) is 13.0 Å². The molecule has 0 fully saturated rings. The van der Waals surface area contributed by atoms with Crippen LogP contribution in [0.2, 0.25) is 10.0 Å². The summed E-state index contributed by atoms with van der Waals surface area (Å²) < 4.78 is 19.0. The van der Waals surface area contributed by atoms with Gasteiger partial charge in [0.2, 0.25) is 0 Å². The molecule has 2 aromatic carbocycles. The van der Waals surface area contributed by atoms with E-state index in [0.29, 0.717) is 27.0 Å². The summed E-state index contributed by atoms with van der Waals surface area (Å²) in [5, 5.41) is 4.25. The van der Waals surface area contributed by atoms with Crippen LogP contribution in [0.3, 0.4) is 0 Å². The summed E-state index contributed by atoms with van der Waals surface area (Å²) in [5.74, 6) is 0.154. The predicted octanol–water partition coefficient (Wildman–Crippen LogP) is 5.31. The molecule has 1 unspecified atom stereocenters. The van der Waals surface area contributed by atoms with Gasteiger partial charge in [-0.2, -0.15) is 0 Å². The van der Waals surface area contributed by atoms with Crippen LogP contribution in [-0.4, -0.2) is 7.11 Å². The van der Waals surface area contributed by atoms with Crippen molar-refractivity contribution in [2.75, 3.05) is 12.4 Å². The molecule has 0 amide bonds. The fraction of sp³-hybridized carbons (Fsp3) is 0.200. The standard InChI is InChI=1S/C15H14Cl2FNO/c1-9(12-5-4-11(20-2)8-14(12)18)19-15-7-10(16)3-6-13(15)17/h3-9,19H,1-2H3. The largest absolute Gasteiger partial charge is 0.497 e. The Hall–Kier alpha value is -1.45. The number of methoxy groups -OCH3 is 1. The zero-order valence-corrected chi connectivity index (χ0v) is 12.6. The summed E-state index contributed by atoms with van der Waals surface area (Å²) in [6.07, 6.45) is 0. The maximum Gasteiger partial charge on any atom is 0.132 e. The lowest BCUT2D eigenvalue weighted by Gasteiger charge is -2.18. The van der Waals surface area contributed by atoms with Gasteiger partial charge in [-0.1, -0.05) is 29.3 Å². The Morgan fingerprint density at radius 1 is 1.15 bits per heavy atom. The number of hydrogen-bond acceptors (Lipinski definition) is 2. The second-order valence-electron chi connectivity index (χ2n) is 4.38. The zero-order chi connectivity index (χ0) is 14.7. The van der Waals surface area contributed by atoms with E-state index in [1.54, 1.807) is 30.3 Å². The number of anilines is 1. The van der Waals surface area contributed by atoms with E-state index in [1.165, 1.54) is 13.2 Å². The summed E-state index contributed by atoms with van der Waals surface area (Å²) in [7, 11) is 1.50. The highest BCUT2D eigenvalue weighted by Gasteiger charge is 2.13. The Bertz CT molecular complexity index is 619. The molecule has 0 aromatic heterocycles. The number of benzene rings is 2. The van der Waals surface area contributed by atoms with Crippen molar-refractivity contribution in [3.63, 3.8) is 0 Å². The lowest BCUT2D eigenvalue weighted by atomic mass is 10.1. The quantitative estimate of drug-likeness (QED) is 0.825. The molecule has 0 saturated carbocycles. The molecule has 0 aliphatic carbocycles. The van der Waals surface area contributed by atoms with E-state index in [-0.39, 0.29) is 11.9 Å². The average molecular weight is 314 g/mol. The normalized spacial score (nSPS) is 12.1. The molecule has 1 N–H and O–H groups in total. The molecule has 2 aromatic rings. The highest BCUT2D eigenvalue weighted by molar-refractivity contribution is 6.35. The van der Waals surface area contributed by atoms with Gasteiger partial charge in [-0.15, -0.1) is 0 Å². The van der Waals surface area contributed by atoms with Crippen LogP contribution in [0.15, 0.2) is 36.4 Å². The van der Waals surface area contributed by atoms with Crippen LogP contribution >= 0.6 is 23.2 Å². The molecule has 0 aliphatic rings. The third-order valence-corrected chi connectivity index (χ3v) is 3.54. The minimum absolute atomic E-state index is 0.253. The van der Waals surface area contributed by atoms with Gasteiger partial charge in [-0.25, -0.2) is 4.39 Å². The van der Waals surface area contributed by atoms with Crippen LogP contribution in [0.5, 0.6) is 5.75 Å². The lowest BCUT2D eigenvalue weighted by Crippen LogP contribution is -2.09. The minimum atomic E-state index is -0.331. The average Bonchev–Trinajstić information content (AvgIpc) is 2.42. The predicted molar refractivity (Wildman–Crippen MR) is 81.5 cm³/mol. The van der Waals surface area contributed by atoms with E-state index in [0.717, 1.165) is 0 Å². The molecule has 0 heterocycles. The second-order valence-corrected chi connectivity index (χ2v) is 5.22. The van der Waals surface area contributed by atoms with Crippen LogP contribution in [0.25, 0.3) is 0 Å². The molecular weight excluding hydrogens is 300 g/mol. The fourth-order valence-electron chi connectivity index (χ4n) is 1.91. The number of rotatable bonds is 4. The number of halogens is 3. The van der Waals surface area contributed by atoms with Gasteiger partial charge in [0, 0.05) is 16.7 Å². The number of ether oxygens (including phenoxy) is 1. The van der Waals surface area contributed by atoms with Gasteiger partial charge in [0.25, 0.3) is 0 Å². The van der Waals surface area contributed by atoms with Gasteiger partial charge in [0.1, 0.15) is 11.6 Å². The van der Waals surface area contributed by atoms with Crippen LogP contribution < -0.4 is 10.1 Å². The lowest BCUT2D eigenvalue weighted by molar-refractivity contribution is 0.410. The summed E-state index contributed by atoms with van der Waals surface area (Å²) >= 11 is 12.0. The Kier molecular flexibility index (Phi) is 4.73. The number of hydrogen-bond donors (Lipinski definition) is 1. The van der Waals surface area contributed by atoms with E-state index in [4.69, 9.17) is 27.9 Å². The van der Waals surface area contributed by atoms with Crippen molar-refractivity contribution in [1.82, 2.24) is 0 Å². The molecule has 5 heteroatoms. The van der Waals surface area contributed by atoms with Crippen molar-refractivity contribution in [3.05, 3.63) is 57.8 Å². The van der Waals surface area contributed by atoms with E-state index >= 15 is 0 Å². The topological polar surface area (TPSA) is 21.3 Å². The maximum atomic E-state index is 14.0. The van der Waals surface area contributed by atoms with Crippen LogP contribution in [0.4, 0.5) is 10.1 Å². The molecule has 0 bridgehead atoms. The highest BCUT2D eigenvalue weighted by atomic mass is 35.5. The monoisotopic (exact) mass is 313 g/mol. The second kappa shape index (κ2) is 6.33. The number of nitrogens with one attached hydrogen (secondary N) is 1. The summed E-state index contributed by atoms with van der Waals surface area (Å²) in [4.78, 5) is 0. The van der Waals surface area contributed by atoms with Gasteiger partial charge in [-0.3, -0.25) is 0 Å². The molecule has 2 nitrogen and oxygen atoms in total. The molecular formula is C15H14Cl2FNO. The summed E-state index contributed by atoms with van der Waals surface area (Å²) in [6, 6.07) is 9.61. The van der Waals surface area contributed by atoms with Gasteiger partial charge >= 0.3 is 0 Å². The first-order valence-corrected chi connectivity index (χ1v) is 6.82. The van der Waals surface area contributed by atoms with Crippen LogP contribution in [0.1, 0.15) is 18.5 Å². The van der Waals surface area contributed by atoms with Crippen LogP contribution in [-0.2, 0) is 0 Å². The van der Waals surface area contributed by atoms with E-state index in [9.17, 15) is 4.39 Å². The molecule has 0 saturated heterocycles. The van der Waals surface area contributed by atoms with Gasteiger partial charge in [0.05, 0.1) is 23.9 Å². The van der Waals surface area contributed by atoms with Crippen molar-refractivity contribution in [3.8, 4) is 5.75 Å². The molecule has 0 radical (unpaired) electrons. The molecule has 0 spiro atoms. The van der Waals surface area contributed by atoms with Gasteiger partial charge in [0.15, 0.2) is 0 Å². The molecule has 1 atom stereocenters. The SMILES string of the molecule is COc1ccc(C(C)Nc2cc(Cl)ccc2Cl)c(F)c1. The Morgan fingerprint density at radius 2 is 1.90 bits per heavy atom. The van der Waals surface area contributed by atoms with Crippen molar-refractivity contribution < 1.29 is 9.13 Å². The van der Waals surface area contributed by atoms with Gasteiger partial charge in [-0.05, 0) is 31.2 Å². The van der Waals surface area contributed by atoms with Crippen molar-refractivity contribution >= 4 is 28.9 Å². The smallest absolute Gasteiger partial charge is 0.132 e. The highest BCUT2D eigenvalue weighted by Crippen LogP contribution is 2.30. The van der Waals surface area contributed by atoms with Crippen molar-refractivity contribution in [1.29, 1.82) is 0 Å². The van der Waals surface area contributed by atoms with Gasteiger partial charge < -0.3 is 10.1 Å². The molecule has 2 rings (SSSR count).